The molecular formula is C12H17NO3. The predicted octanol–water partition coefficient (Wildman–Crippen LogP) is 1.90. The fourth-order valence-corrected chi connectivity index (χ4v) is 1.64. The number of benzene rings is 1. The maximum atomic E-state index is 10.9. The molecule has 0 saturated heterocycles. The van der Waals surface area contributed by atoms with Crippen LogP contribution in [-0.4, -0.2) is 18.2 Å². The largest absolute Gasteiger partial charge is 0.496 e. The van der Waals surface area contributed by atoms with E-state index in [4.69, 9.17) is 15.6 Å². The first kappa shape index (κ1) is 12.5. The molecule has 0 heterocycles. The maximum absolute atomic E-state index is 10.9. The van der Waals surface area contributed by atoms with Gasteiger partial charge >= 0.3 is 5.97 Å². The van der Waals surface area contributed by atoms with Crippen molar-refractivity contribution in [3.05, 3.63) is 29.3 Å². The van der Waals surface area contributed by atoms with Crippen molar-refractivity contribution in [2.24, 2.45) is 5.73 Å². The molecule has 0 spiro atoms. The summed E-state index contributed by atoms with van der Waals surface area (Å²) in [5, 5.41) is 8.90. The standard InChI is InChI=1S/C12H17NO3/c1-7(2)8-5-4-6-9(11(8)16-3)10(13)12(14)15/h4-7,10H,13H2,1-3H3,(H,14,15). The summed E-state index contributed by atoms with van der Waals surface area (Å²) in [5.41, 5.74) is 7.09. The summed E-state index contributed by atoms with van der Waals surface area (Å²) in [5.74, 6) is -0.220. The van der Waals surface area contributed by atoms with E-state index in [2.05, 4.69) is 0 Å². The van der Waals surface area contributed by atoms with Crippen LogP contribution in [0.2, 0.25) is 0 Å². The molecule has 4 nitrogen and oxygen atoms in total. The van der Waals surface area contributed by atoms with Crippen molar-refractivity contribution in [2.45, 2.75) is 25.8 Å². The lowest BCUT2D eigenvalue weighted by molar-refractivity contribution is -0.138. The van der Waals surface area contributed by atoms with Gasteiger partial charge in [-0.05, 0) is 11.5 Å². The number of carboxylic acid groups (broad SMARTS) is 1. The fourth-order valence-electron chi connectivity index (χ4n) is 1.64. The summed E-state index contributed by atoms with van der Waals surface area (Å²) in [7, 11) is 1.53. The third-order valence-electron chi connectivity index (χ3n) is 2.50. The van der Waals surface area contributed by atoms with Gasteiger partial charge in [-0.3, -0.25) is 4.79 Å². The second-order valence-corrected chi connectivity index (χ2v) is 3.94. The van der Waals surface area contributed by atoms with Crippen LogP contribution >= 0.6 is 0 Å². The summed E-state index contributed by atoms with van der Waals surface area (Å²) in [6, 6.07) is 4.36. The number of hydrogen-bond donors (Lipinski definition) is 2. The first-order valence-corrected chi connectivity index (χ1v) is 5.14. The monoisotopic (exact) mass is 223 g/mol. The Morgan fingerprint density at radius 1 is 1.38 bits per heavy atom. The zero-order chi connectivity index (χ0) is 12.3. The van der Waals surface area contributed by atoms with Crippen molar-refractivity contribution in [1.29, 1.82) is 0 Å². The molecule has 16 heavy (non-hydrogen) atoms. The molecule has 0 aliphatic carbocycles. The van der Waals surface area contributed by atoms with Crippen LogP contribution in [0.25, 0.3) is 0 Å². The van der Waals surface area contributed by atoms with Gasteiger partial charge in [0.05, 0.1) is 7.11 Å². The number of rotatable bonds is 4. The molecule has 3 N–H and O–H groups in total. The van der Waals surface area contributed by atoms with Gasteiger partial charge in [-0.1, -0.05) is 32.0 Å². The van der Waals surface area contributed by atoms with Crippen LogP contribution in [0.3, 0.4) is 0 Å². The Labute approximate surface area is 95.0 Å². The maximum Gasteiger partial charge on any atom is 0.325 e. The predicted molar refractivity (Wildman–Crippen MR) is 61.6 cm³/mol. The van der Waals surface area contributed by atoms with E-state index >= 15 is 0 Å². The molecule has 1 unspecified atom stereocenters. The second-order valence-electron chi connectivity index (χ2n) is 3.94. The van der Waals surface area contributed by atoms with Gasteiger partial charge in [0.1, 0.15) is 11.8 Å². The molecule has 1 aromatic rings. The molecule has 0 aromatic heterocycles. The van der Waals surface area contributed by atoms with Crippen LogP contribution < -0.4 is 10.5 Å². The van der Waals surface area contributed by atoms with E-state index in [0.717, 1.165) is 5.56 Å². The van der Waals surface area contributed by atoms with Crippen molar-refractivity contribution in [3.8, 4) is 5.75 Å². The number of hydrogen-bond acceptors (Lipinski definition) is 3. The third kappa shape index (κ3) is 2.33. The third-order valence-corrected chi connectivity index (χ3v) is 2.50. The SMILES string of the molecule is COc1c(C(C)C)cccc1C(N)C(=O)O. The molecule has 0 fully saturated rings. The summed E-state index contributed by atoms with van der Waals surface area (Å²) >= 11 is 0. The Kier molecular flexibility index (Phi) is 3.90. The highest BCUT2D eigenvalue weighted by molar-refractivity contribution is 5.76. The minimum Gasteiger partial charge on any atom is -0.496 e. The normalized spacial score (nSPS) is 12.6. The van der Waals surface area contributed by atoms with Crippen LogP contribution in [0, 0.1) is 0 Å². The van der Waals surface area contributed by atoms with Crippen molar-refractivity contribution in [1.82, 2.24) is 0 Å². The first-order chi connectivity index (χ1) is 7.49. The summed E-state index contributed by atoms with van der Waals surface area (Å²) in [4.78, 5) is 10.9. The van der Waals surface area contributed by atoms with E-state index < -0.39 is 12.0 Å². The number of para-hydroxylation sites is 1. The molecule has 4 heteroatoms. The van der Waals surface area contributed by atoms with E-state index in [9.17, 15) is 4.79 Å². The van der Waals surface area contributed by atoms with Gasteiger partial charge < -0.3 is 15.6 Å². The molecule has 1 aromatic carbocycles. The smallest absolute Gasteiger partial charge is 0.325 e. The van der Waals surface area contributed by atoms with Crippen molar-refractivity contribution < 1.29 is 14.6 Å². The number of aliphatic carboxylic acids is 1. The van der Waals surface area contributed by atoms with Crippen molar-refractivity contribution in [3.63, 3.8) is 0 Å². The highest BCUT2D eigenvalue weighted by Gasteiger charge is 2.21. The van der Waals surface area contributed by atoms with Crippen LogP contribution in [-0.2, 0) is 4.79 Å². The highest BCUT2D eigenvalue weighted by Crippen LogP contribution is 2.32. The molecular weight excluding hydrogens is 206 g/mol. The van der Waals surface area contributed by atoms with E-state index in [1.165, 1.54) is 7.11 Å². The van der Waals surface area contributed by atoms with Gasteiger partial charge in [-0.15, -0.1) is 0 Å². The van der Waals surface area contributed by atoms with E-state index in [0.29, 0.717) is 11.3 Å². The second kappa shape index (κ2) is 4.99. The highest BCUT2D eigenvalue weighted by atomic mass is 16.5. The van der Waals surface area contributed by atoms with Crippen LogP contribution in [0.1, 0.15) is 36.9 Å². The fraction of sp³-hybridized carbons (Fsp3) is 0.417. The van der Waals surface area contributed by atoms with Crippen LogP contribution in [0.15, 0.2) is 18.2 Å². The number of nitrogens with two attached hydrogens (primary N) is 1. The lowest BCUT2D eigenvalue weighted by Gasteiger charge is -2.17. The minimum atomic E-state index is -1.06. The van der Waals surface area contributed by atoms with Crippen molar-refractivity contribution >= 4 is 5.97 Å². The molecule has 0 saturated carbocycles. The van der Waals surface area contributed by atoms with E-state index in [-0.39, 0.29) is 5.92 Å². The number of ether oxygens (including phenoxy) is 1. The van der Waals surface area contributed by atoms with E-state index in [1.54, 1.807) is 12.1 Å². The molecule has 1 atom stereocenters. The Morgan fingerprint density at radius 3 is 2.38 bits per heavy atom. The summed E-state index contributed by atoms with van der Waals surface area (Å²) in [6.07, 6.45) is 0. The molecule has 0 aliphatic rings. The van der Waals surface area contributed by atoms with Gasteiger partial charge in [0.2, 0.25) is 0 Å². The zero-order valence-corrected chi connectivity index (χ0v) is 9.73. The number of carboxylic acids is 1. The average Bonchev–Trinajstić information content (AvgIpc) is 2.26. The van der Waals surface area contributed by atoms with Gasteiger partial charge in [-0.25, -0.2) is 0 Å². The van der Waals surface area contributed by atoms with E-state index in [1.807, 2.05) is 19.9 Å². The number of methoxy groups -OCH3 is 1. The first-order valence-electron chi connectivity index (χ1n) is 5.14. The van der Waals surface area contributed by atoms with Gasteiger partial charge in [-0.2, -0.15) is 0 Å². The lowest BCUT2D eigenvalue weighted by Crippen LogP contribution is -2.21. The minimum absolute atomic E-state index is 0.260. The Morgan fingerprint density at radius 2 is 1.94 bits per heavy atom. The molecule has 0 amide bonds. The van der Waals surface area contributed by atoms with Gasteiger partial charge in [0.15, 0.2) is 0 Å². The summed E-state index contributed by atoms with van der Waals surface area (Å²) < 4.78 is 5.27. The quantitative estimate of drug-likeness (QED) is 0.817. The molecule has 88 valence electrons. The lowest BCUT2D eigenvalue weighted by atomic mass is 9.96. The number of carbonyl (C=O) groups is 1. The Hall–Kier alpha value is -1.55. The Bertz CT molecular complexity index is 388. The summed E-state index contributed by atoms with van der Waals surface area (Å²) in [6.45, 7) is 4.04. The van der Waals surface area contributed by atoms with Crippen LogP contribution in [0.5, 0.6) is 5.75 Å². The average molecular weight is 223 g/mol. The molecule has 0 radical (unpaired) electrons. The van der Waals surface area contributed by atoms with Gasteiger partial charge in [0, 0.05) is 5.56 Å². The Balaban J connectivity index is 3.29. The molecule has 1 rings (SSSR count). The molecule has 0 aliphatic heterocycles. The zero-order valence-electron chi connectivity index (χ0n) is 9.73. The van der Waals surface area contributed by atoms with Crippen LogP contribution in [0.4, 0.5) is 0 Å². The topological polar surface area (TPSA) is 72.5 Å². The molecule has 0 bridgehead atoms. The van der Waals surface area contributed by atoms with Crippen molar-refractivity contribution in [2.75, 3.05) is 7.11 Å². The van der Waals surface area contributed by atoms with Gasteiger partial charge in [0.25, 0.3) is 0 Å².